The SMILES string of the molecule is CCOc1cc(N)cc(Nc2ccccc2OC)c1. The minimum Gasteiger partial charge on any atom is -0.495 e. The summed E-state index contributed by atoms with van der Waals surface area (Å²) in [6.07, 6.45) is 0. The van der Waals surface area contributed by atoms with Gasteiger partial charge in [-0.05, 0) is 25.1 Å². The molecule has 0 aliphatic heterocycles. The quantitative estimate of drug-likeness (QED) is 0.807. The zero-order valence-electron chi connectivity index (χ0n) is 11.1. The van der Waals surface area contributed by atoms with Gasteiger partial charge in [0.25, 0.3) is 0 Å². The molecule has 0 saturated heterocycles. The normalized spacial score (nSPS) is 10.0. The third-order valence-electron chi connectivity index (χ3n) is 2.63. The highest BCUT2D eigenvalue weighted by Crippen LogP contribution is 2.30. The fourth-order valence-electron chi connectivity index (χ4n) is 1.85. The van der Waals surface area contributed by atoms with E-state index in [1.54, 1.807) is 13.2 Å². The molecule has 2 aromatic carbocycles. The molecule has 0 radical (unpaired) electrons. The van der Waals surface area contributed by atoms with E-state index in [1.807, 2.05) is 43.3 Å². The van der Waals surface area contributed by atoms with Crippen molar-refractivity contribution in [2.45, 2.75) is 6.92 Å². The van der Waals surface area contributed by atoms with Crippen LogP contribution >= 0.6 is 0 Å². The summed E-state index contributed by atoms with van der Waals surface area (Å²) in [4.78, 5) is 0. The molecule has 2 rings (SSSR count). The van der Waals surface area contributed by atoms with E-state index < -0.39 is 0 Å². The van der Waals surface area contributed by atoms with Crippen LogP contribution in [0.1, 0.15) is 6.92 Å². The Morgan fingerprint density at radius 2 is 1.95 bits per heavy atom. The van der Waals surface area contributed by atoms with E-state index in [0.717, 1.165) is 22.9 Å². The number of hydrogen-bond donors (Lipinski definition) is 2. The van der Waals surface area contributed by atoms with Gasteiger partial charge in [-0.2, -0.15) is 0 Å². The molecule has 0 spiro atoms. The Labute approximate surface area is 113 Å². The van der Waals surface area contributed by atoms with Gasteiger partial charge in [0.15, 0.2) is 0 Å². The van der Waals surface area contributed by atoms with E-state index in [4.69, 9.17) is 15.2 Å². The second-order valence-electron chi connectivity index (χ2n) is 4.05. The van der Waals surface area contributed by atoms with Crippen LogP contribution in [0.15, 0.2) is 42.5 Å². The van der Waals surface area contributed by atoms with Crippen LogP contribution in [0.25, 0.3) is 0 Å². The average molecular weight is 258 g/mol. The maximum atomic E-state index is 5.86. The zero-order valence-corrected chi connectivity index (χ0v) is 11.1. The molecule has 19 heavy (non-hydrogen) atoms. The summed E-state index contributed by atoms with van der Waals surface area (Å²) in [5.74, 6) is 1.53. The largest absolute Gasteiger partial charge is 0.495 e. The van der Waals surface area contributed by atoms with Crippen molar-refractivity contribution in [3.63, 3.8) is 0 Å². The maximum Gasteiger partial charge on any atom is 0.142 e. The molecule has 100 valence electrons. The van der Waals surface area contributed by atoms with Crippen LogP contribution in [0, 0.1) is 0 Å². The molecule has 0 aliphatic rings. The van der Waals surface area contributed by atoms with E-state index in [0.29, 0.717) is 12.3 Å². The summed E-state index contributed by atoms with van der Waals surface area (Å²) < 4.78 is 10.8. The Morgan fingerprint density at radius 3 is 2.68 bits per heavy atom. The molecule has 0 fully saturated rings. The predicted octanol–water partition coefficient (Wildman–Crippen LogP) is 3.42. The van der Waals surface area contributed by atoms with Crippen LogP contribution in [-0.2, 0) is 0 Å². The second kappa shape index (κ2) is 6.00. The number of methoxy groups -OCH3 is 1. The Morgan fingerprint density at radius 1 is 1.16 bits per heavy atom. The van der Waals surface area contributed by atoms with Gasteiger partial charge in [0.1, 0.15) is 11.5 Å². The number of nitrogen functional groups attached to an aromatic ring is 1. The number of rotatable bonds is 5. The monoisotopic (exact) mass is 258 g/mol. The predicted molar refractivity (Wildman–Crippen MR) is 78.3 cm³/mol. The van der Waals surface area contributed by atoms with Crippen LogP contribution in [0.5, 0.6) is 11.5 Å². The number of para-hydroxylation sites is 2. The third-order valence-corrected chi connectivity index (χ3v) is 2.63. The molecule has 0 amide bonds. The van der Waals surface area contributed by atoms with Crippen LogP contribution in [0.3, 0.4) is 0 Å². The van der Waals surface area contributed by atoms with Gasteiger partial charge < -0.3 is 20.5 Å². The lowest BCUT2D eigenvalue weighted by Gasteiger charge is -2.13. The van der Waals surface area contributed by atoms with Gasteiger partial charge in [0.05, 0.1) is 19.4 Å². The van der Waals surface area contributed by atoms with Crippen LogP contribution in [-0.4, -0.2) is 13.7 Å². The Hall–Kier alpha value is -2.36. The van der Waals surface area contributed by atoms with Crippen molar-refractivity contribution < 1.29 is 9.47 Å². The van der Waals surface area contributed by atoms with Crippen molar-refractivity contribution in [2.24, 2.45) is 0 Å². The maximum absolute atomic E-state index is 5.86. The first kappa shape index (κ1) is 13.1. The molecular formula is C15H18N2O2. The van der Waals surface area contributed by atoms with E-state index in [-0.39, 0.29) is 0 Å². The Kier molecular flexibility index (Phi) is 4.13. The fourth-order valence-corrected chi connectivity index (χ4v) is 1.85. The smallest absolute Gasteiger partial charge is 0.142 e. The first-order valence-corrected chi connectivity index (χ1v) is 6.16. The number of nitrogens with one attached hydrogen (secondary N) is 1. The lowest BCUT2D eigenvalue weighted by molar-refractivity contribution is 0.340. The summed E-state index contributed by atoms with van der Waals surface area (Å²) in [7, 11) is 1.64. The van der Waals surface area contributed by atoms with Gasteiger partial charge >= 0.3 is 0 Å². The number of anilines is 3. The van der Waals surface area contributed by atoms with E-state index in [1.165, 1.54) is 0 Å². The molecule has 0 saturated carbocycles. The van der Waals surface area contributed by atoms with Crippen LogP contribution in [0.2, 0.25) is 0 Å². The Balaban J connectivity index is 2.27. The molecular weight excluding hydrogens is 240 g/mol. The summed E-state index contributed by atoms with van der Waals surface area (Å²) in [5.41, 5.74) is 8.27. The summed E-state index contributed by atoms with van der Waals surface area (Å²) in [5, 5.41) is 3.28. The molecule has 3 N–H and O–H groups in total. The van der Waals surface area contributed by atoms with Crippen molar-refractivity contribution >= 4 is 17.1 Å². The molecule has 0 aliphatic carbocycles. The molecule has 0 atom stereocenters. The molecule has 2 aromatic rings. The minimum atomic E-state index is 0.609. The highest BCUT2D eigenvalue weighted by molar-refractivity contribution is 5.70. The van der Waals surface area contributed by atoms with Crippen molar-refractivity contribution in [3.8, 4) is 11.5 Å². The van der Waals surface area contributed by atoms with Gasteiger partial charge in [0.2, 0.25) is 0 Å². The summed E-state index contributed by atoms with van der Waals surface area (Å²) in [6, 6.07) is 13.3. The number of nitrogens with two attached hydrogens (primary N) is 1. The standard InChI is InChI=1S/C15H18N2O2/c1-3-19-13-9-11(16)8-12(10-13)17-14-6-4-5-7-15(14)18-2/h4-10,17H,3,16H2,1-2H3. The van der Waals surface area contributed by atoms with Crippen molar-refractivity contribution in [2.75, 3.05) is 24.8 Å². The van der Waals surface area contributed by atoms with Crippen molar-refractivity contribution in [1.29, 1.82) is 0 Å². The van der Waals surface area contributed by atoms with Gasteiger partial charge in [-0.15, -0.1) is 0 Å². The lowest BCUT2D eigenvalue weighted by atomic mass is 10.2. The molecule has 0 bridgehead atoms. The molecule has 0 heterocycles. The van der Waals surface area contributed by atoms with Crippen molar-refractivity contribution in [1.82, 2.24) is 0 Å². The molecule has 4 heteroatoms. The fraction of sp³-hybridized carbons (Fsp3) is 0.200. The summed E-state index contributed by atoms with van der Waals surface area (Å²) in [6.45, 7) is 2.55. The van der Waals surface area contributed by atoms with Gasteiger partial charge in [-0.25, -0.2) is 0 Å². The Bertz CT molecular complexity index is 556. The van der Waals surface area contributed by atoms with Gasteiger partial charge in [-0.1, -0.05) is 12.1 Å². The minimum absolute atomic E-state index is 0.609. The zero-order chi connectivity index (χ0) is 13.7. The van der Waals surface area contributed by atoms with Crippen molar-refractivity contribution in [3.05, 3.63) is 42.5 Å². The number of ether oxygens (including phenoxy) is 2. The summed E-state index contributed by atoms with van der Waals surface area (Å²) >= 11 is 0. The first-order valence-electron chi connectivity index (χ1n) is 6.16. The topological polar surface area (TPSA) is 56.5 Å². The molecule has 0 unspecified atom stereocenters. The third kappa shape index (κ3) is 3.31. The van der Waals surface area contributed by atoms with E-state index >= 15 is 0 Å². The molecule has 0 aromatic heterocycles. The van der Waals surface area contributed by atoms with Crippen LogP contribution < -0.4 is 20.5 Å². The first-order chi connectivity index (χ1) is 9.22. The van der Waals surface area contributed by atoms with Gasteiger partial charge in [0, 0.05) is 23.5 Å². The number of hydrogen-bond acceptors (Lipinski definition) is 4. The van der Waals surface area contributed by atoms with Crippen LogP contribution in [0.4, 0.5) is 17.1 Å². The molecule has 4 nitrogen and oxygen atoms in total. The van der Waals surface area contributed by atoms with E-state index in [9.17, 15) is 0 Å². The van der Waals surface area contributed by atoms with Gasteiger partial charge in [-0.3, -0.25) is 0 Å². The second-order valence-corrected chi connectivity index (χ2v) is 4.05. The lowest BCUT2D eigenvalue weighted by Crippen LogP contribution is -1.98. The highest BCUT2D eigenvalue weighted by atomic mass is 16.5. The highest BCUT2D eigenvalue weighted by Gasteiger charge is 2.04. The number of benzene rings is 2. The van der Waals surface area contributed by atoms with E-state index in [2.05, 4.69) is 5.32 Å². The average Bonchev–Trinajstić information content (AvgIpc) is 2.39.